The number of rotatable bonds is 7. The van der Waals surface area contributed by atoms with Gasteiger partial charge in [-0.05, 0) is 20.8 Å². The lowest BCUT2D eigenvalue weighted by atomic mass is 10.3. The number of carbonyl (C=O) groups is 2. The first kappa shape index (κ1) is 17.3. The Balaban J connectivity index is 2.88. The molecule has 0 aliphatic heterocycles. The van der Waals surface area contributed by atoms with Gasteiger partial charge in [0, 0.05) is 0 Å². The molecular weight excluding hydrogens is 294 g/mol. The van der Waals surface area contributed by atoms with Gasteiger partial charge in [-0.15, -0.1) is 10.2 Å². The molecule has 0 atom stereocenters. The Labute approximate surface area is 125 Å². The molecule has 0 aliphatic rings. The van der Waals surface area contributed by atoms with Crippen molar-refractivity contribution >= 4 is 23.6 Å². The van der Waals surface area contributed by atoms with Gasteiger partial charge in [0.1, 0.15) is 5.69 Å². The summed E-state index contributed by atoms with van der Waals surface area (Å²) in [6.07, 6.45) is -0.372. The van der Waals surface area contributed by atoms with Crippen molar-refractivity contribution in [3.63, 3.8) is 0 Å². The maximum Gasteiger partial charge on any atom is 0.355 e. The number of aromatic nitrogens is 3. The topological polar surface area (TPSA) is 136 Å². The lowest BCUT2D eigenvalue weighted by Crippen LogP contribution is -2.24. The Morgan fingerprint density at radius 2 is 1.91 bits per heavy atom. The minimum atomic E-state index is -0.773. The average Bonchev–Trinajstić information content (AvgIpc) is 2.47. The first-order chi connectivity index (χ1) is 10.5. The maximum absolute atomic E-state index is 11.7. The van der Waals surface area contributed by atoms with Crippen molar-refractivity contribution in [1.29, 1.82) is 0 Å². The summed E-state index contributed by atoms with van der Waals surface area (Å²) in [5, 5.41) is 11.0. The number of hydrogen-bond acceptors (Lipinski definition) is 9. The normalized spacial score (nSPS) is 11.0. The molecule has 0 amide bonds. The van der Waals surface area contributed by atoms with Gasteiger partial charge in [0.15, 0.2) is 5.71 Å². The van der Waals surface area contributed by atoms with Crippen LogP contribution in [0, 0.1) is 6.92 Å². The summed E-state index contributed by atoms with van der Waals surface area (Å²) >= 11 is 0. The molecule has 1 rings (SSSR count). The molecule has 0 saturated carbocycles. The van der Waals surface area contributed by atoms with Gasteiger partial charge >= 0.3 is 11.9 Å². The van der Waals surface area contributed by atoms with Gasteiger partial charge in [-0.1, -0.05) is 0 Å². The highest BCUT2D eigenvalue weighted by molar-refractivity contribution is 6.39. The molecular formula is C12H17N5O5. The van der Waals surface area contributed by atoms with Gasteiger partial charge in [0.2, 0.25) is 5.95 Å². The fourth-order valence-electron chi connectivity index (χ4n) is 1.28. The molecule has 10 nitrogen and oxygen atoms in total. The van der Waals surface area contributed by atoms with Crippen molar-refractivity contribution < 1.29 is 19.1 Å². The lowest BCUT2D eigenvalue weighted by Gasteiger charge is -2.06. The Morgan fingerprint density at radius 3 is 2.50 bits per heavy atom. The predicted molar refractivity (Wildman–Crippen MR) is 76.3 cm³/mol. The molecule has 1 heterocycles. The van der Waals surface area contributed by atoms with E-state index in [-0.39, 0.29) is 37.0 Å². The van der Waals surface area contributed by atoms with Crippen LogP contribution in [0.1, 0.15) is 26.0 Å². The van der Waals surface area contributed by atoms with Crippen LogP contribution in [0.4, 0.5) is 5.95 Å². The molecule has 2 N–H and O–H groups in total. The highest BCUT2D eigenvalue weighted by Gasteiger charge is 2.18. The number of anilines is 1. The van der Waals surface area contributed by atoms with E-state index < -0.39 is 17.5 Å². The van der Waals surface area contributed by atoms with Gasteiger partial charge in [0.05, 0.1) is 19.6 Å². The number of hydrazone groups is 1. The van der Waals surface area contributed by atoms with Gasteiger partial charge in [-0.2, -0.15) is 5.10 Å². The summed E-state index contributed by atoms with van der Waals surface area (Å²) in [6.45, 7) is 5.06. The standard InChI is InChI=1S/C12H17N5O5/c1-4-21-9(18)6-8(11(20)22-5-2)15-17-12-13-10(19)7(3)14-16-12/h4-6H2,1-3H3,(H2,13,16,17,19)/b15-8-. The Kier molecular flexibility index (Phi) is 6.67. The fraction of sp³-hybridized carbons (Fsp3) is 0.500. The molecule has 0 radical (unpaired) electrons. The molecule has 1 aromatic rings. The molecule has 10 heteroatoms. The molecule has 0 aliphatic carbocycles. The molecule has 0 bridgehead atoms. The van der Waals surface area contributed by atoms with E-state index in [0.717, 1.165) is 0 Å². The van der Waals surface area contributed by atoms with Crippen molar-refractivity contribution in [2.75, 3.05) is 18.6 Å². The third-order valence-corrected chi connectivity index (χ3v) is 2.29. The maximum atomic E-state index is 11.7. The number of esters is 2. The predicted octanol–water partition coefficient (Wildman–Crippen LogP) is -0.242. The number of nitrogens with one attached hydrogen (secondary N) is 2. The first-order valence-corrected chi connectivity index (χ1v) is 6.56. The zero-order chi connectivity index (χ0) is 16.5. The second-order valence-corrected chi connectivity index (χ2v) is 3.96. The monoisotopic (exact) mass is 311 g/mol. The molecule has 0 fully saturated rings. The number of H-pyrrole nitrogens is 1. The van der Waals surface area contributed by atoms with Crippen LogP contribution >= 0.6 is 0 Å². The van der Waals surface area contributed by atoms with E-state index in [2.05, 4.69) is 25.7 Å². The van der Waals surface area contributed by atoms with Crippen molar-refractivity contribution in [2.24, 2.45) is 5.10 Å². The van der Waals surface area contributed by atoms with Crippen LogP contribution in [0.15, 0.2) is 9.90 Å². The third kappa shape index (κ3) is 5.31. The summed E-state index contributed by atoms with van der Waals surface area (Å²) in [4.78, 5) is 36.9. The minimum Gasteiger partial charge on any atom is -0.466 e. The van der Waals surface area contributed by atoms with Crippen molar-refractivity contribution in [3.8, 4) is 0 Å². The number of nitrogens with zero attached hydrogens (tertiary/aromatic N) is 3. The molecule has 0 unspecified atom stereocenters. The van der Waals surface area contributed by atoms with E-state index >= 15 is 0 Å². The van der Waals surface area contributed by atoms with Crippen LogP contribution in [0.3, 0.4) is 0 Å². The highest BCUT2D eigenvalue weighted by Crippen LogP contribution is 1.98. The van der Waals surface area contributed by atoms with Crippen LogP contribution in [-0.4, -0.2) is 46.0 Å². The van der Waals surface area contributed by atoms with Crippen LogP contribution in [0.25, 0.3) is 0 Å². The van der Waals surface area contributed by atoms with E-state index in [4.69, 9.17) is 9.47 Å². The first-order valence-electron chi connectivity index (χ1n) is 6.56. The molecule has 22 heavy (non-hydrogen) atoms. The summed E-state index contributed by atoms with van der Waals surface area (Å²) in [5.74, 6) is -1.47. The minimum absolute atomic E-state index is 0.0683. The lowest BCUT2D eigenvalue weighted by molar-refractivity contribution is -0.143. The Hall–Kier alpha value is -2.78. The quantitative estimate of drug-likeness (QED) is 0.400. The zero-order valence-corrected chi connectivity index (χ0v) is 12.5. The van der Waals surface area contributed by atoms with E-state index in [1.165, 1.54) is 6.92 Å². The smallest absolute Gasteiger partial charge is 0.355 e. The fourth-order valence-corrected chi connectivity index (χ4v) is 1.28. The number of hydrogen-bond donors (Lipinski definition) is 2. The Bertz CT molecular complexity index is 625. The van der Waals surface area contributed by atoms with Gasteiger partial charge < -0.3 is 9.47 Å². The summed E-state index contributed by atoms with van der Waals surface area (Å²) < 4.78 is 9.54. The number of aryl methyl sites for hydroxylation is 1. The summed E-state index contributed by atoms with van der Waals surface area (Å²) in [6, 6.07) is 0. The van der Waals surface area contributed by atoms with Gasteiger partial charge in [0.25, 0.3) is 5.56 Å². The van der Waals surface area contributed by atoms with Gasteiger partial charge in [-0.3, -0.25) is 14.6 Å². The number of ether oxygens (including phenoxy) is 2. The van der Waals surface area contributed by atoms with Crippen LogP contribution in [0.5, 0.6) is 0 Å². The summed E-state index contributed by atoms with van der Waals surface area (Å²) in [5.41, 5.74) is 1.88. The largest absolute Gasteiger partial charge is 0.466 e. The number of aromatic amines is 1. The number of carbonyl (C=O) groups excluding carboxylic acids is 2. The molecule has 0 spiro atoms. The molecule has 0 saturated heterocycles. The highest BCUT2D eigenvalue weighted by atomic mass is 16.5. The molecule has 120 valence electrons. The van der Waals surface area contributed by atoms with E-state index in [1.54, 1.807) is 13.8 Å². The van der Waals surface area contributed by atoms with Crippen molar-refractivity contribution in [1.82, 2.24) is 15.2 Å². The SMILES string of the molecule is CCOC(=O)C/C(=N/Nc1nnc(C)c(=O)[nH]1)C(=O)OCC. The van der Waals surface area contributed by atoms with Gasteiger partial charge in [-0.25, -0.2) is 10.2 Å². The molecule has 1 aromatic heterocycles. The van der Waals surface area contributed by atoms with Crippen LogP contribution in [0.2, 0.25) is 0 Å². The average molecular weight is 311 g/mol. The van der Waals surface area contributed by atoms with E-state index in [9.17, 15) is 14.4 Å². The van der Waals surface area contributed by atoms with E-state index in [0.29, 0.717) is 0 Å². The second-order valence-electron chi connectivity index (χ2n) is 3.96. The molecule has 0 aromatic carbocycles. The summed E-state index contributed by atoms with van der Waals surface area (Å²) in [7, 11) is 0. The third-order valence-electron chi connectivity index (χ3n) is 2.29. The van der Waals surface area contributed by atoms with Crippen LogP contribution < -0.4 is 11.0 Å². The van der Waals surface area contributed by atoms with Crippen molar-refractivity contribution in [3.05, 3.63) is 16.0 Å². The van der Waals surface area contributed by atoms with Crippen LogP contribution in [-0.2, 0) is 19.1 Å². The second kappa shape index (κ2) is 8.49. The van der Waals surface area contributed by atoms with E-state index in [1.807, 2.05) is 0 Å². The Morgan fingerprint density at radius 1 is 1.23 bits per heavy atom. The zero-order valence-electron chi connectivity index (χ0n) is 12.5. The van der Waals surface area contributed by atoms with Crippen molar-refractivity contribution in [2.45, 2.75) is 27.2 Å².